The van der Waals surface area contributed by atoms with Crippen LogP contribution in [0.4, 0.5) is 20.2 Å². The number of hydrogen-bond donors (Lipinski definition) is 2. The van der Waals surface area contributed by atoms with Crippen molar-refractivity contribution in [1.29, 1.82) is 0 Å². The molecule has 0 aliphatic heterocycles. The number of nitrogens with one attached hydrogen (secondary N) is 1. The maximum absolute atomic E-state index is 13.0. The third-order valence-corrected chi connectivity index (χ3v) is 2.90. The summed E-state index contributed by atoms with van der Waals surface area (Å²) in [6.07, 6.45) is 0.497. The smallest absolute Gasteiger partial charge is 0.126 e. The Bertz CT molecular complexity index is 567. The monoisotopic (exact) mass is 282 g/mol. The molecule has 0 fully saturated rings. The molecule has 0 aromatic heterocycles. The van der Waals surface area contributed by atoms with Crippen molar-refractivity contribution in [3.05, 3.63) is 58.6 Å². The summed E-state index contributed by atoms with van der Waals surface area (Å²) in [7, 11) is 0. The predicted octanol–water partition coefficient (Wildman–Crippen LogP) is 3.86. The fourth-order valence-corrected chi connectivity index (χ4v) is 1.97. The van der Waals surface area contributed by atoms with Gasteiger partial charge in [-0.25, -0.2) is 8.78 Å². The van der Waals surface area contributed by atoms with E-state index in [0.29, 0.717) is 29.2 Å². The first kappa shape index (κ1) is 13.6. The number of benzene rings is 2. The summed E-state index contributed by atoms with van der Waals surface area (Å²) in [6, 6.07) is 8.62. The highest BCUT2D eigenvalue weighted by Gasteiger charge is 2.02. The molecule has 0 saturated carbocycles. The van der Waals surface area contributed by atoms with Crippen molar-refractivity contribution < 1.29 is 8.78 Å². The molecule has 0 heterocycles. The molecule has 0 aliphatic rings. The minimum absolute atomic E-state index is 0.497. The van der Waals surface area contributed by atoms with Crippen molar-refractivity contribution in [2.45, 2.75) is 6.42 Å². The van der Waals surface area contributed by atoms with Crippen LogP contribution in [0.15, 0.2) is 36.4 Å². The van der Waals surface area contributed by atoms with E-state index in [4.69, 9.17) is 17.3 Å². The molecule has 0 unspecified atom stereocenters. The van der Waals surface area contributed by atoms with E-state index in [1.165, 1.54) is 12.1 Å². The average Bonchev–Trinajstić information content (AvgIpc) is 2.30. The molecule has 0 saturated heterocycles. The fraction of sp³-hybridized carbons (Fsp3) is 0.143. The molecule has 0 spiro atoms. The van der Waals surface area contributed by atoms with Crippen molar-refractivity contribution in [1.82, 2.24) is 0 Å². The summed E-state index contributed by atoms with van der Waals surface area (Å²) in [6.45, 7) is 0.523. The third-order valence-electron chi connectivity index (χ3n) is 2.67. The minimum Gasteiger partial charge on any atom is -0.397 e. The number of nitrogen functional groups attached to an aromatic ring is 1. The normalized spacial score (nSPS) is 10.5. The second kappa shape index (κ2) is 5.89. The van der Waals surface area contributed by atoms with Gasteiger partial charge in [-0.1, -0.05) is 11.6 Å². The van der Waals surface area contributed by atoms with Crippen LogP contribution in [-0.4, -0.2) is 6.54 Å². The van der Waals surface area contributed by atoms with E-state index in [2.05, 4.69) is 5.32 Å². The molecule has 100 valence electrons. The maximum atomic E-state index is 13.0. The quantitative estimate of drug-likeness (QED) is 0.836. The van der Waals surface area contributed by atoms with E-state index in [1.54, 1.807) is 18.2 Å². The molecule has 0 atom stereocenters. The van der Waals surface area contributed by atoms with Gasteiger partial charge in [-0.05, 0) is 42.3 Å². The number of rotatable bonds is 4. The van der Waals surface area contributed by atoms with Crippen molar-refractivity contribution in [2.24, 2.45) is 0 Å². The molecular formula is C14H13ClF2N2. The average molecular weight is 283 g/mol. The van der Waals surface area contributed by atoms with Crippen molar-refractivity contribution in [2.75, 3.05) is 17.6 Å². The highest BCUT2D eigenvalue weighted by Crippen LogP contribution is 2.22. The Morgan fingerprint density at radius 2 is 1.74 bits per heavy atom. The summed E-state index contributed by atoms with van der Waals surface area (Å²) in [5.41, 5.74) is 7.67. The van der Waals surface area contributed by atoms with Gasteiger partial charge in [-0.3, -0.25) is 0 Å². The molecule has 2 aromatic carbocycles. The van der Waals surface area contributed by atoms with Crippen LogP contribution in [0, 0.1) is 11.6 Å². The maximum Gasteiger partial charge on any atom is 0.126 e. The molecule has 2 rings (SSSR count). The summed E-state index contributed by atoms with van der Waals surface area (Å²) in [5, 5.41) is 3.66. The molecule has 0 amide bonds. The first-order valence-electron chi connectivity index (χ1n) is 5.78. The Balaban J connectivity index is 1.96. The second-order valence-electron chi connectivity index (χ2n) is 4.19. The largest absolute Gasteiger partial charge is 0.397 e. The van der Waals surface area contributed by atoms with E-state index < -0.39 is 11.6 Å². The van der Waals surface area contributed by atoms with Gasteiger partial charge >= 0.3 is 0 Å². The van der Waals surface area contributed by atoms with Gasteiger partial charge in [-0.2, -0.15) is 0 Å². The van der Waals surface area contributed by atoms with Crippen LogP contribution in [0.1, 0.15) is 5.56 Å². The molecule has 19 heavy (non-hydrogen) atoms. The van der Waals surface area contributed by atoms with Crippen LogP contribution in [0.5, 0.6) is 0 Å². The van der Waals surface area contributed by atoms with Gasteiger partial charge in [0.05, 0.1) is 11.4 Å². The van der Waals surface area contributed by atoms with E-state index in [9.17, 15) is 8.78 Å². The van der Waals surface area contributed by atoms with E-state index in [0.717, 1.165) is 11.8 Å². The molecule has 2 nitrogen and oxygen atoms in total. The molecule has 2 aromatic rings. The van der Waals surface area contributed by atoms with Gasteiger partial charge in [0.2, 0.25) is 0 Å². The Morgan fingerprint density at radius 1 is 1.05 bits per heavy atom. The zero-order valence-corrected chi connectivity index (χ0v) is 10.8. The van der Waals surface area contributed by atoms with Gasteiger partial charge in [0, 0.05) is 17.6 Å². The molecular weight excluding hydrogens is 270 g/mol. The summed E-state index contributed by atoms with van der Waals surface area (Å²) < 4.78 is 26.0. The Labute approximate surface area is 115 Å². The van der Waals surface area contributed by atoms with Crippen LogP contribution >= 0.6 is 11.6 Å². The van der Waals surface area contributed by atoms with E-state index in [-0.39, 0.29) is 0 Å². The standard InChI is InChI=1S/C14H13ClF2N2/c15-10-1-2-14(13(18)7-10)19-4-3-9-5-11(16)8-12(17)6-9/h1-2,5-8,19H,3-4,18H2. The van der Waals surface area contributed by atoms with Gasteiger partial charge in [0.15, 0.2) is 0 Å². The van der Waals surface area contributed by atoms with Crippen LogP contribution < -0.4 is 11.1 Å². The highest BCUT2D eigenvalue weighted by atomic mass is 35.5. The zero-order valence-electron chi connectivity index (χ0n) is 10.1. The van der Waals surface area contributed by atoms with Gasteiger partial charge < -0.3 is 11.1 Å². The Morgan fingerprint density at radius 3 is 2.37 bits per heavy atom. The lowest BCUT2D eigenvalue weighted by molar-refractivity contribution is 0.580. The topological polar surface area (TPSA) is 38.0 Å². The predicted molar refractivity (Wildman–Crippen MR) is 74.4 cm³/mol. The van der Waals surface area contributed by atoms with E-state index in [1.807, 2.05) is 0 Å². The molecule has 0 aliphatic carbocycles. The first-order chi connectivity index (χ1) is 9.04. The van der Waals surface area contributed by atoms with Crippen molar-refractivity contribution >= 4 is 23.0 Å². The van der Waals surface area contributed by atoms with Gasteiger partial charge in [-0.15, -0.1) is 0 Å². The van der Waals surface area contributed by atoms with Crippen LogP contribution in [0.25, 0.3) is 0 Å². The Kier molecular flexibility index (Phi) is 4.22. The molecule has 0 radical (unpaired) electrons. The summed E-state index contributed by atoms with van der Waals surface area (Å²) >= 11 is 5.79. The Hall–Kier alpha value is -1.81. The summed E-state index contributed by atoms with van der Waals surface area (Å²) in [4.78, 5) is 0. The third kappa shape index (κ3) is 3.83. The zero-order chi connectivity index (χ0) is 13.8. The SMILES string of the molecule is Nc1cc(Cl)ccc1NCCc1cc(F)cc(F)c1. The minimum atomic E-state index is -0.569. The van der Waals surface area contributed by atoms with E-state index >= 15 is 0 Å². The number of halogens is 3. The summed E-state index contributed by atoms with van der Waals surface area (Å²) in [5.74, 6) is -1.14. The highest BCUT2D eigenvalue weighted by molar-refractivity contribution is 6.31. The van der Waals surface area contributed by atoms with Crippen LogP contribution in [-0.2, 0) is 6.42 Å². The fourth-order valence-electron chi connectivity index (χ4n) is 1.79. The van der Waals surface area contributed by atoms with Crippen molar-refractivity contribution in [3.63, 3.8) is 0 Å². The first-order valence-corrected chi connectivity index (χ1v) is 6.16. The van der Waals surface area contributed by atoms with Gasteiger partial charge in [0.25, 0.3) is 0 Å². The lowest BCUT2D eigenvalue weighted by Crippen LogP contribution is -2.07. The lowest BCUT2D eigenvalue weighted by Gasteiger charge is -2.09. The number of nitrogens with two attached hydrogens (primary N) is 1. The number of hydrogen-bond acceptors (Lipinski definition) is 2. The van der Waals surface area contributed by atoms with Crippen molar-refractivity contribution in [3.8, 4) is 0 Å². The number of anilines is 2. The molecule has 5 heteroatoms. The molecule has 0 bridgehead atoms. The van der Waals surface area contributed by atoms with Gasteiger partial charge in [0.1, 0.15) is 11.6 Å². The lowest BCUT2D eigenvalue weighted by atomic mass is 10.1. The molecule has 3 N–H and O–H groups in total. The van der Waals surface area contributed by atoms with Crippen LogP contribution in [0.2, 0.25) is 5.02 Å². The second-order valence-corrected chi connectivity index (χ2v) is 4.62. The van der Waals surface area contributed by atoms with Crippen LogP contribution in [0.3, 0.4) is 0 Å².